The van der Waals surface area contributed by atoms with Gasteiger partial charge in [0.15, 0.2) is 0 Å². The summed E-state index contributed by atoms with van der Waals surface area (Å²) in [5.41, 5.74) is 6.09. The number of nitrogens with two attached hydrogens (primary N) is 1. The molecule has 0 heterocycles. The Labute approximate surface area is 113 Å². The summed E-state index contributed by atoms with van der Waals surface area (Å²) >= 11 is 0. The number of hydrogen-bond acceptors (Lipinski definition) is 4. The van der Waals surface area contributed by atoms with Gasteiger partial charge in [0.05, 0.1) is 19.1 Å². The molecule has 2 aliphatic rings. The van der Waals surface area contributed by atoms with Crippen LogP contribution in [0.5, 0.6) is 0 Å². The summed E-state index contributed by atoms with van der Waals surface area (Å²) in [6.45, 7) is 0.943. The Kier molecular flexibility index (Phi) is 4.76. The van der Waals surface area contributed by atoms with E-state index < -0.39 is 0 Å². The van der Waals surface area contributed by atoms with E-state index in [9.17, 15) is 9.59 Å². The molecule has 0 saturated heterocycles. The lowest BCUT2D eigenvalue weighted by Gasteiger charge is -2.26. The Hall–Kier alpha value is -1.14. The molecule has 0 aromatic heterocycles. The van der Waals surface area contributed by atoms with Gasteiger partial charge in [0, 0.05) is 19.7 Å². The minimum atomic E-state index is -0.192. The Morgan fingerprint density at radius 2 is 2.00 bits per heavy atom. The maximum absolute atomic E-state index is 12.1. The molecule has 0 aromatic rings. The topological polar surface area (TPSA) is 93.5 Å². The molecule has 19 heavy (non-hydrogen) atoms. The highest BCUT2D eigenvalue weighted by Gasteiger charge is 2.48. The molecule has 4 unspecified atom stereocenters. The minimum Gasteiger partial charge on any atom is -0.383 e. The smallest absolute Gasteiger partial charge is 0.239 e. The largest absolute Gasteiger partial charge is 0.383 e. The van der Waals surface area contributed by atoms with Crippen molar-refractivity contribution in [2.24, 2.45) is 23.5 Å². The number of nitrogens with one attached hydrogen (secondary N) is 2. The highest BCUT2D eigenvalue weighted by Crippen LogP contribution is 2.47. The van der Waals surface area contributed by atoms with E-state index in [0.29, 0.717) is 25.0 Å². The van der Waals surface area contributed by atoms with Crippen molar-refractivity contribution in [1.82, 2.24) is 10.6 Å². The predicted octanol–water partition coefficient (Wildman–Crippen LogP) is -0.761. The van der Waals surface area contributed by atoms with Crippen molar-refractivity contribution in [3.05, 3.63) is 0 Å². The molecule has 0 aliphatic heterocycles. The minimum absolute atomic E-state index is 0.0170. The van der Waals surface area contributed by atoms with E-state index in [-0.39, 0.29) is 30.3 Å². The summed E-state index contributed by atoms with van der Waals surface area (Å²) in [4.78, 5) is 23.6. The molecule has 0 spiro atoms. The van der Waals surface area contributed by atoms with Crippen LogP contribution < -0.4 is 16.4 Å². The summed E-state index contributed by atoms with van der Waals surface area (Å²) in [7, 11) is 1.57. The molecule has 4 N–H and O–H groups in total. The molecule has 2 rings (SSSR count). The summed E-state index contributed by atoms with van der Waals surface area (Å²) in [5.74, 6) is 0.544. The average Bonchev–Trinajstić information content (AvgIpc) is 2.97. The first-order valence-corrected chi connectivity index (χ1v) is 6.92. The lowest BCUT2D eigenvalue weighted by atomic mass is 9.84. The predicted molar refractivity (Wildman–Crippen MR) is 70.2 cm³/mol. The van der Waals surface area contributed by atoms with Gasteiger partial charge >= 0.3 is 0 Å². The molecule has 2 aliphatic carbocycles. The zero-order valence-electron chi connectivity index (χ0n) is 11.4. The van der Waals surface area contributed by atoms with Gasteiger partial charge in [0.1, 0.15) is 0 Å². The first-order chi connectivity index (χ1) is 9.13. The zero-order valence-corrected chi connectivity index (χ0v) is 11.4. The average molecular weight is 269 g/mol. The second kappa shape index (κ2) is 6.34. The van der Waals surface area contributed by atoms with Crippen molar-refractivity contribution in [2.45, 2.75) is 25.3 Å². The SMILES string of the molecule is COCCNC(=O)CNC(=O)C1C2CCC(C2)C1N. The summed E-state index contributed by atoms with van der Waals surface area (Å²) in [6.07, 6.45) is 3.31. The second-order valence-corrected chi connectivity index (χ2v) is 5.50. The molecule has 2 fully saturated rings. The van der Waals surface area contributed by atoms with Crippen LogP contribution in [0.3, 0.4) is 0 Å². The van der Waals surface area contributed by atoms with E-state index in [2.05, 4.69) is 10.6 Å². The van der Waals surface area contributed by atoms with Gasteiger partial charge in [-0.15, -0.1) is 0 Å². The first kappa shape index (κ1) is 14.3. The summed E-state index contributed by atoms with van der Waals surface area (Å²) < 4.78 is 4.83. The molecule has 108 valence electrons. The van der Waals surface area contributed by atoms with Crippen molar-refractivity contribution in [2.75, 3.05) is 26.8 Å². The van der Waals surface area contributed by atoms with Gasteiger partial charge in [-0.05, 0) is 31.1 Å². The van der Waals surface area contributed by atoms with Crippen LogP contribution in [-0.4, -0.2) is 44.7 Å². The number of rotatable bonds is 6. The Balaban J connectivity index is 1.71. The quantitative estimate of drug-likeness (QED) is 0.552. The Morgan fingerprint density at radius 1 is 1.26 bits per heavy atom. The second-order valence-electron chi connectivity index (χ2n) is 5.50. The third-order valence-electron chi connectivity index (χ3n) is 4.33. The van der Waals surface area contributed by atoms with Gasteiger partial charge in [-0.1, -0.05) is 0 Å². The maximum Gasteiger partial charge on any atom is 0.239 e. The number of amides is 2. The number of hydrogen-bond donors (Lipinski definition) is 3. The van der Waals surface area contributed by atoms with Crippen molar-refractivity contribution < 1.29 is 14.3 Å². The lowest BCUT2D eigenvalue weighted by Crippen LogP contribution is -2.47. The van der Waals surface area contributed by atoms with Crippen LogP contribution in [-0.2, 0) is 14.3 Å². The number of carbonyl (C=O) groups is 2. The van der Waals surface area contributed by atoms with E-state index in [4.69, 9.17) is 10.5 Å². The highest BCUT2D eigenvalue weighted by molar-refractivity contribution is 5.86. The highest BCUT2D eigenvalue weighted by atomic mass is 16.5. The third kappa shape index (κ3) is 3.25. The van der Waals surface area contributed by atoms with Crippen LogP contribution in [0, 0.1) is 17.8 Å². The van der Waals surface area contributed by atoms with Crippen molar-refractivity contribution in [1.29, 1.82) is 0 Å². The van der Waals surface area contributed by atoms with Crippen molar-refractivity contribution in [3.8, 4) is 0 Å². The fraction of sp³-hybridized carbons (Fsp3) is 0.846. The van der Waals surface area contributed by atoms with Crippen molar-refractivity contribution in [3.63, 3.8) is 0 Å². The van der Waals surface area contributed by atoms with Gasteiger partial charge in [-0.3, -0.25) is 9.59 Å². The molecule has 6 heteroatoms. The third-order valence-corrected chi connectivity index (χ3v) is 4.33. The monoisotopic (exact) mass is 269 g/mol. The van der Waals surface area contributed by atoms with E-state index in [1.807, 2.05) is 0 Å². The zero-order chi connectivity index (χ0) is 13.8. The standard InChI is InChI=1S/C13H23N3O3/c1-19-5-4-15-10(17)7-16-13(18)11-8-2-3-9(6-8)12(11)14/h8-9,11-12H,2-7,14H2,1H3,(H,15,17)(H,16,18). The number of ether oxygens (including phenoxy) is 1. The van der Waals surface area contributed by atoms with Crippen LogP contribution in [0.15, 0.2) is 0 Å². The number of methoxy groups -OCH3 is 1. The molecular weight excluding hydrogens is 246 g/mol. The van der Waals surface area contributed by atoms with Crippen LogP contribution in [0.2, 0.25) is 0 Å². The van der Waals surface area contributed by atoms with E-state index >= 15 is 0 Å². The van der Waals surface area contributed by atoms with Gasteiger partial charge < -0.3 is 21.1 Å². The molecule has 2 amide bonds. The fourth-order valence-corrected chi connectivity index (χ4v) is 3.37. The Morgan fingerprint density at radius 3 is 2.63 bits per heavy atom. The maximum atomic E-state index is 12.1. The number of carbonyl (C=O) groups excluding carboxylic acids is 2. The molecule has 0 radical (unpaired) electrons. The van der Waals surface area contributed by atoms with Gasteiger partial charge in [0.2, 0.25) is 11.8 Å². The fourth-order valence-electron chi connectivity index (χ4n) is 3.37. The molecule has 2 saturated carbocycles. The van der Waals surface area contributed by atoms with Gasteiger partial charge in [0.25, 0.3) is 0 Å². The summed E-state index contributed by atoms with van der Waals surface area (Å²) in [5, 5.41) is 5.36. The van der Waals surface area contributed by atoms with Crippen LogP contribution in [0.1, 0.15) is 19.3 Å². The van der Waals surface area contributed by atoms with Crippen molar-refractivity contribution >= 4 is 11.8 Å². The number of fused-ring (bicyclic) bond motifs is 2. The van der Waals surface area contributed by atoms with E-state index in [0.717, 1.165) is 19.3 Å². The Bertz CT molecular complexity index is 346. The molecule has 6 nitrogen and oxygen atoms in total. The van der Waals surface area contributed by atoms with Gasteiger partial charge in [-0.25, -0.2) is 0 Å². The summed E-state index contributed by atoms with van der Waals surface area (Å²) in [6, 6.07) is -0.0321. The van der Waals surface area contributed by atoms with E-state index in [1.165, 1.54) is 0 Å². The molecule has 0 aromatic carbocycles. The molecular formula is C13H23N3O3. The van der Waals surface area contributed by atoms with E-state index in [1.54, 1.807) is 7.11 Å². The lowest BCUT2D eigenvalue weighted by molar-refractivity contribution is -0.130. The van der Waals surface area contributed by atoms with Crippen LogP contribution in [0.25, 0.3) is 0 Å². The van der Waals surface area contributed by atoms with Crippen LogP contribution in [0.4, 0.5) is 0 Å². The first-order valence-electron chi connectivity index (χ1n) is 6.92. The normalized spacial score (nSPS) is 32.3. The molecule has 4 atom stereocenters. The van der Waals surface area contributed by atoms with Crippen LogP contribution >= 0.6 is 0 Å². The molecule has 2 bridgehead atoms. The van der Waals surface area contributed by atoms with Gasteiger partial charge in [-0.2, -0.15) is 0 Å².